The topological polar surface area (TPSA) is 129 Å². The van der Waals surface area contributed by atoms with Crippen LogP contribution in [-0.2, 0) is 22.6 Å². The third kappa shape index (κ3) is 5.55. The number of thioether (sulfide) groups is 1. The number of hydrogen-bond donors (Lipinski definition) is 2. The van der Waals surface area contributed by atoms with Crippen molar-refractivity contribution >= 4 is 29.5 Å². The molecule has 3 N–H and O–H groups in total. The number of primary amides is 1. The molecular formula is C17H21N5O4S. The Morgan fingerprint density at radius 3 is 2.67 bits per heavy atom. The summed E-state index contributed by atoms with van der Waals surface area (Å²) in [5, 5.41) is 10.9. The standard InChI is InChI=1S/C17H21N5O4S/c1-3-22-14(9-8-13(18)23)20-21-17(22)27-10-15(24)19-16(25)11-6-4-5-7-12(11)26-2/h4-7H,3,8-10H2,1-2H3,(H2,18,23)(H,19,24,25). The average molecular weight is 391 g/mol. The Labute approximate surface area is 160 Å². The Morgan fingerprint density at radius 2 is 2.00 bits per heavy atom. The van der Waals surface area contributed by atoms with E-state index in [9.17, 15) is 14.4 Å². The van der Waals surface area contributed by atoms with E-state index < -0.39 is 17.7 Å². The zero-order valence-corrected chi connectivity index (χ0v) is 15.9. The number of carbonyl (C=O) groups excluding carboxylic acids is 3. The van der Waals surface area contributed by atoms with E-state index in [-0.39, 0.29) is 17.7 Å². The van der Waals surface area contributed by atoms with Crippen LogP contribution in [0.25, 0.3) is 0 Å². The maximum absolute atomic E-state index is 12.2. The summed E-state index contributed by atoms with van der Waals surface area (Å²) >= 11 is 1.16. The number of aryl methyl sites for hydroxylation is 1. The number of hydrogen-bond acceptors (Lipinski definition) is 7. The molecule has 0 aliphatic rings. The third-order valence-electron chi connectivity index (χ3n) is 3.64. The predicted octanol–water partition coefficient (Wildman–Crippen LogP) is 0.773. The highest BCUT2D eigenvalue weighted by atomic mass is 32.2. The zero-order chi connectivity index (χ0) is 19.8. The fraction of sp³-hybridized carbons (Fsp3) is 0.353. The lowest BCUT2D eigenvalue weighted by Crippen LogP contribution is -2.32. The molecule has 0 bridgehead atoms. The second-order valence-corrected chi connectivity index (χ2v) is 6.42. The van der Waals surface area contributed by atoms with Crippen molar-refractivity contribution in [2.75, 3.05) is 12.9 Å². The molecule has 1 heterocycles. The number of carbonyl (C=O) groups is 3. The van der Waals surface area contributed by atoms with Crippen molar-refractivity contribution in [3.05, 3.63) is 35.7 Å². The van der Waals surface area contributed by atoms with E-state index in [1.54, 1.807) is 24.3 Å². The van der Waals surface area contributed by atoms with E-state index in [1.165, 1.54) is 7.11 Å². The van der Waals surface area contributed by atoms with E-state index in [0.29, 0.717) is 29.7 Å². The number of methoxy groups -OCH3 is 1. The summed E-state index contributed by atoms with van der Waals surface area (Å²) in [6.45, 7) is 2.50. The van der Waals surface area contributed by atoms with Gasteiger partial charge in [-0.2, -0.15) is 0 Å². The summed E-state index contributed by atoms with van der Waals surface area (Å²) < 4.78 is 6.93. The summed E-state index contributed by atoms with van der Waals surface area (Å²) in [5.74, 6) is -0.388. The molecule has 2 rings (SSSR count). The summed E-state index contributed by atoms with van der Waals surface area (Å²) in [5.41, 5.74) is 5.44. The summed E-state index contributed by atoms with van der Waals surface area (Å²) in [7, 11) is 1.46. The predicted molar refractivity (Wildman–Crippen MR) is 99.4 cm³/mol. The van der Waals surface area contributed by atoms with Crippen LogP contribution >= 0.6 is 11.8 Å². The molecule has 0 atom stereocenters. The Kier molecular flexibility index (Phi) is 7.35. The third-order valence-corrected chi connectivity index (χ3v) is 4.61. The van der Waals surface area contributed by atoms with Crippen molar-refractivity contribution < 1.29 is 19.1 Å². The lowest BCUT2D eigenvalue weighted by molar-refractivity contribution is -0.118. The van der Waals surface area contributed by atoms with Crippen molar-refractivity contribution in [2.24, 2.45) is 5.73 Å². The summed E-state index contributed by atoms with van der Waals surface area (Å²) in [4.78, 5) is 35.3. The van der Waals surface area contributed by atoms with Crippen LogP contribution in [0.1, 0.15) is 29.5 Å². The van der Waals surface area contributed by atoms with Crippen molar-refractivity contribution in [3.8, 4) is 5.75 Å². The number of nitrogens with zero attached hydrogens (tertiary/aromatic N) is 3. The Hall–Kier alpha value is -2.88. The molecule has 0 unspecified atom stereocenters. The highest BCUT2D eigenvalue weighted by Gasteiger charge is 2.17. The van der Waals surface area contributed by atoms with Crippen molar-refractivity contribution in [3.63, 3.8) is 0 Å². The molecule has 10 heteroatoms. The largest absolute Gasteiger partial charge is 0.496 e. The van der Waals surface area contributed by atoms with Gasteiger partial charge in [0, 0.05) is 19.4 Å². The number of ether oxygens (including phenoxy) is 1. The maximum Gasteiger partial charge on any atom is 0.261 e. The highest BCUT2D eigenvalue weighted by molar-refractivity contribution is 7.99. The van der Waals surface area contributed by atoms with Crippen molar-refractivity contribution in [1.29, 1.82) is 0 Å². The molecular weight excluding hydrogens is 370 g/mol. The van der Waals surface area contributed by atoms with Gasteiger partial charge in [-0.05, 0) is 19.1 Å². The maximum atomic E-state index is 12.2. The number of benzene rings is 1. The zero-order valence-electron chi connectivity index (χ0n) is 15.1. The monoisotopic (exact) mass is 391 g/mol. The normalized spacial score (nSPS) is 10.4. The van der Waals surface area contributed by atoms with Crippen LogP contribution in [0.2, 0.25) is 0 Å². The molecule has 1 aromatic heterocycles. The van der Waals surface area contributed by atoms with Crippen LogP contribution in [0.4, 0.5) is 0 Å². The molecule has 0 fully saturated rings. The molecule has 1 aromatic carbocycles. The van der Waals surface area contributed by atoms with Crippen LogP contribution in [0, 0.1) is 0 Å². The van der Waals surface area contributed by atoms with Gasteiger partial charge in [0.25, 0.3) is 5.91 Å². The Balaban J connectivity index is 1.95. The molecule has 0 saturated carbocycles. The first-order valence-corrected chi connectivity index (χ1v) is 9.25. The van der Waals surface area contributed by atoms with Crippen LogP contribution in [-0.4, -0.2) is 45.3 Å². The number of amides is 3. The van der Waals surface area contributed by atoms with E-state index in [1.807, 2.05) is 11.5 Å². The molecule has 0 saturated heterocycles. The molecule has 0 aliphatic heterocycles. The highest BCUT2D eigenvalue weighted by Crippen LogP contribution is 2.19. The number of rotatable bonds is 9. The van der Waals surface area contributed by atoms with Crippen LogP contribution in [0.15, 0.2) is 29.4 Å². The second kappa shape index (κ2) is 9.72. The van der Waals surface area contributed by atoms with Crippen LogP contribution in [0.3, 0.4) is 0 Å². The first-order chi connectivity index (χ1) is 13.0. The second-order valence-electron chi connectivity index (χ2n) is 5.48. The molecule has 144 valence electrons. The van der Waals surface area contributed by atoms with Crippen LogP contribution < -0.4 is 15.8 Å². The molecule has 0 radical (unpaired) electrons. The van der Waals surface area contributed by atoms with Gasteiger partial charge in [0.15, 0.2) is 5.16 Å². The lowest BCUT2D eigenvalue weighted by Gasteiger charge is -2.09. The quantitative estimate of drug-likeness (QED) is 0.604. The van der Waals surface area contributed by atoms with E-state index >= 15 is 0 Å². The van der Waals surface area contributed by atoms with Crippen molar-refractivity contribution in [1.82, 2.24) is 20.1 Å². The number of para-hydroxylation sites is 1. The molecule has 3 amide bonds. The Bertz CT molecular complexity index is 836. The minimum Gasteiger partial charge on any atom is -0.496 e. The minimum atomic E-state index is -0.530. The van der Waals surface area contributed by atoms with Gasteiger partial charge in [-0.15, -0.1) is 10.2 Å². The smallest absolute Gasteiger partial charge is 0.261 e. The van der Waals surface area contributed by atoms with Gasteiger partial charge in [-0.1, -0.05) is 23.9 Å². The van der Waals surface area contributed by atoms with Crippen molar-refractivity contribution in [2.45, 2.75) is 31.5 Å². The molecule has 2 aromatic rings. The van der Waals surface area contributed by atoms with Gasteiger partial charge in [-0.25, -0.2) is 0 Å². The van der Waals surface area contributed by atoms with Gasteiger partial charge in [0.1, 0.15) is 11.6 Å². The lowest BCUT2D eigenvalue weighted by atomic mass is 10.2. The SMILES string of the molecule is CCn1c(CCC(N)=O)nnc1SCC(=O)NC(=O)c1ccccc1OC. The van der Waals surface area contributed by atoms with E-state index in [0.717, 1.165) is 11.8 Å². The number of nitrogens with two attached hydrogens (primary N) is 1. The molecule has 0 spiro atoms. The first kappa shape index (κ1) is 20.4. The van der Waals surface area contributed by atoms with Gasteiger partial charge >= 0.3 is 0 Å². The van der Waals surface area contributed by atoms with Gasteiger partial charge in [-0.3, -0.25) is 19.7 Å². The number of nitrogens with one attached hydrogen (secondary N) is 1. The van der Waals surface area contributed by atoms with E-state index in [4.69, 9.17) is 10.5 Å². The number of imide groups is 1. The van der Waals surface area contributed by atoms with Crippen LogP contribution in [0.5, 0.6) is 5.75 Å². The number of aromatic nitrogens is 3. The fourth-order valence-electron chi connectivity index (χ4n) is 2.36. The van der Waals surface area contributed by atoms with Gasteiger partial charge in [0.05, 0.1) is 18.4 Å². The summed E-state index contributed by atoms with van der Waals surface area (Å²) in [6.07, 6.45) is 0.561. The fourth-order valence-corrected chi connectivity index (χ4v) is 3.18. The molecule has 27 heavy (non-hydrogen) atoms. The van der Waals surface area contributed by atoms with E-state index in [2.05, 4.69) is 15.5 Å². The average Bonchev–Trinajstić information content (AvgIpc) is 3.06. The van der Waals surface area contributed by atoms with Gasteiger partial charge in [0.2, 0.25) is 11.8 Å². The Morgan fingerprint density at radius 1 is 1.26 bits per heavy atom. The minimum absolute atomic E-state index is 0.00512. The first-order valence-electron chi connectivity index (χ1n) is 8.26. The molecule has 0 aliphatic carbocycles. The molecule has 9 nitrogen and oxygen atoms in total. The van der Waals surface area contributed by atoms with Gasteiger partial charge < -0.3 is 15.0 Å². The summed E-state index contributed by atoms with van der Waals surface area (Å²) in [6, 6.07) is 6.65.